The van der Waals surface area contributed by atoms with Crippen LogP contribution in [0.4, 0.5) is 0 Å². The number of carbonyl (C=O) groups is 2. The lowest BCUT2D eigenvalue weighted by atomic mass is 9.79. The Morgan fingerprint density at radius 2 is 1.80 bits per heavy atom. The van der Waals surface area contributed by atoms with E-state index in [1.807, 2.05) is 42.5 Å². The first-order valence-corrected chi connectivity index (χ1v) is 20.0. The Labute approximate surface area is 324 Å². The molecule has 2 heterocycles. The first-order valence-electron chi connectivity index (χ1n) is 20.0. The number of Topliss-reactive ketones (excluding diaryl/α,β-unsaturated/α-hetero) is 1. The second-order valence-electron chi connectivity index (χ2n) is 15.6. The molecular formula is C47H53N3O5. The molecule has 7 rings (SSSR count). The Hall–Kier alpha value is -5.10. The van der Waals surface area contributed by atoms with Crippen molar-refractivity contribution in [3.63, 3.8) is 0 Å². The minimum absolute atomic E-state index is 0.0158. The van der Waals surface area contributed by atoms with Crippen molar-refractivity contribution in [2.24, 2.45) is 11.1 Å². The van der Waals surface area contributed by atoms with Gasteiger partial charge in [-0.3, -0.25) is 14.9 Å². The number of phenols is 2. The number of rotatable bonds is 13. The Morgan fingerprint density at radius 1 is 1.00 bits per heavy atom. The fourth-order valence-electron chi connectivity index (χ4n) is 8.65. The van der Waals surface area contributed by atoms with E-state index in [1.165, 1.54) is 38.5 Å². The fraction of sp³-hybridized carbons (Fsp3) is 0.404. The first kappa shape index (κ1) is 38.2. The number of aromatic amines is 1. The van der Waals surface area contributed by atoms with Crippen LogP contribution in [-0.2, 0) is 30.5 Å². The maximum absolute atomic E-state index is 13.9. The van der Waals surface area contributed by atoms with Crippen LogP contribution in [0.25, 0.3) is 0 Å². The van der Waals surface area contributed by atoms with E-state index in [-0.39, 0.29) is 47.7 Å². The predicted molar refractivity (Wildman–Crippen MR) is 216 cm³/mol. The smallest absolute Gasteiger partial charge is 0.165 e. The summed E-state index contributed by atoms with van der Waals surface area (Å²) in [5, 5.41) is 25.3. The second-order valence-corrected chi connectivity index (χ2v) is 15.6. The molecule has 1 aromatic heterocycles. The summed E-state index contributed by atoms with van der Waals surface area (Å²) in [6, 6.07) is 16.8. The van der Waals surface area contributed by atoms with Crippen LogP contribution < -0.4 is 15.8 Å². The summed E-state index contributed by atoms with van der Waals surface area (Å²) in [4.78, 5) is 29.9. The van der Waals surface area contributed by atoms with Crippen molar-refractivity contribution in [1.29, 1.82) is 0 Å². The number of carbonyl (C=O) groups excluding carboxylic acids is 2. The SMILES string of the molecule is CCCCC1(/C=C/C(=O)CCc2ccc(O)c(OCCc3ccc(O)c([C@@H]4CC(=O)c5cc[nH]c5CC#Cc5cc6c(cc54)CCN[C@H]6N)c3)c2)CCCC1. The molecule has 8 heteroatoms. The Morgan fingerprint density at radius 3 is 2.62 bits per heavy atom. The molecular weight excluding hydrogens is 687 g/mol. The van der Waals surface area contributed by atoms with Crippen LogP contribution >= 0.6 is 0 Å². The van der Waals surface area contributed by atoms with Crippen molar-refractivity contribution >= 4 is 11.6 Å². The third-order valence-electron chi connectivity index (χ3n) is 11.8. The van der Waals surface area contributed by atoms with Gasteiger partial charge in [0.15, 0.2) is 23.1 Å². The number of ketones is 2. The minimum Gasteiger partial charge on any atom is -0.508 e. The second kappa shape index (κ2) is 17.1. The predicted octanol–water partition coefficient (Wildman–Crippen LogP) is 8.27. The van der Waals surface area contributed by atoms with Gasteiger partial charge in [0.05, 0.1) is 19.2 Å². The minimum atomic E-state index is -0.451. The molecule has 0 unspecified atom stereocenters. The summed E-state index contributed by atoms with van der Waals surface area (Å²) in [7, 11) is 0. The maximum atomic E-state index is 13.9. The number of aryl methyl sites for hydroxylation is 1. The summed E-state index contributed by atoms with van der Waals surface area (Å²) in [6.45, 7) is 3.25. The molecule has 1 fully saturated rings. The quantitative estimate of drug-likeness (QED) is 0.0688. The maximum Gasteiger partial charge on any atom is 0.165 e. The zero-order valence-corrected chi connectivity index (χ0v) is 31.9. The van der Waals surface area contributed by atoms with Crippen LogP contribution in [0, 0.1) is 17.3 Å². The van der Waals surface area contributed by atoms with Crippen molar-refractivity contribution < 1.29 is 24.5 Å². The van der Waals surface area contributed by atoms with Crippen LogP contribution in [0.3, 0.4) is 0 Å². The molecule has 2 atom stereocenters. The number of phenolic OH excluding ortho intramolecular Hbond substituents is 2. The molecule has 6 N–H and O–H groups in total. The van der Waals surface area contributed by atoms with Crippen molar-refractivity contribution in [1.82, 2.24) is 10.3 Å². The average Bonchev–Trinajstić information content (AvgIpc) is 3.87. The van der Waals surface area contributed by atoms with Crippen molar-refractivity contribution in [3.05, 3.63) is 123 Å². The fourth-order valence-corrected chi connectivity index (χ4v) is 8.65. The number of nitrogens with two attached hydrogens (primary N) is 1. The molecule has 3 aliphatic rings. The van der Waals surface area contributed by atoms with Gasteiger partial charge in [-0.2, -0.15) is 0 Å². The third-order valence-corrected chi connectivity index (χ3v) is 11.8. The molecule has 0 radical (unpaired) electrons. The van der Waals surface area contributed by atoms with E-state index in [9.17, 15) is 19.8 Å². The number of H-pyrrole nitrogens is 1. The van der Waals surface area contributed by atoms with E-state index in [2.05, 4.69) is 41.2 Å². The van der Waals surface area contributed by atoms with Gasteiger partial charge in [-0.15, -0.1) is 0 Å². The van der Waals surface area contributed by atoms with Gasteiger partial charge in [-0.25, -0.2) is 0 Å². The molecule has 8 nitrogen and oxygen atoms in total. The van der Waals surface area contributed by atoms with Gasteiger partial charge < -0.3 is 25.7 Å². The van der Waals surface area contributed by atoms with E-state index < -0.39 is 5.92 Å². The Kier molecular flexibility index (Phi) is 11.9. The largest absolute Gasteiger partial charge is 0.508 e. The van der Waals surface area contributed by atoms with E-state index in [1.54, 1.807) is 18.3 Å². The summed E-state index contributed by atoms with van der Waals surface area (Å²) in [5.41, 5.74) is 14.4. The number of hydrogen-bond donors (Lipinski definition) is 5. The molecule has 0 spiro atoms. The normalized spacial score (nSPS) is 18.9. The van der Waals surface area contributed by atoms with Crippen molar-refractivity contribution in [2.75, 3.05) is 13.2 Å². The summed E-state index contributed by atoms with van der Waals surface area (Å²) >= 11 is 0. The number of benzene rings is 3. The van der Waals surface area contributed by atoms with Gasteiger partial charge in [-0.1, -0.05) is 74.8 Å². The number of ether oxygens (including phenoxy) is 1. The highest BCUT2D eigenvalue weighted by atomic mass is 16.5. The van der Waals surface area contributed by atoms with Crippen LogP contribution in [-0.4, -0.2) is 39.9 Å². The van der Waals surface area contributed by atoms with Gasteiger partial charge in [0.1, 0.15) is 5.75 Å². The average molecular weight is 740 g/mol. The molecule has 55 heavy (non-hydrogen) atoms. The standard InChI is InChI=1S/C47H53N3O5/c1-2-3-19-47(20-4-5-21-47)22-15-35(51)12-9-31-11-14-43(53)45(27-31)55-25-18-32-10-13-42(52)40(26-32)39-30-44(54)36-17-24-49-41(36)8-6-7-33-29-38-34(28-37(33)39)16-23-50-46(38)48/h10-11,13-15,17,22,24,26-29,39,46,49-50,52-53H,2-5,8-9,12,16,18-21,23,25,30,48H2,1H3/b22-15+/t39-,46-/m1/s1. The molecule has 2 aliphatic carbocycles. The summed E-state index contributed by atoms with van der Waals surface area (Å²) in [5.74, 6) is 6.82. The van der Waals surface area contributed by atoms with Gasteiger partial charge in [-0.05, 0) is 102 Å². The number of fused-ring (bicyclic) bond motifs is 3. The lowest BCUT2D eigenvalue weighted by Crippen LogP contribution is -2.35. The van der Waals surface area contributed by atoms with Gasteiger partial charge in [0.25, 0.3) is 0 Å². The number of allylic oxidation sites excluding steroid dienone is 2. The summed E-state index contributed by atoms with van der Waals surface area (Å²) in [6.07, 6.45) is 16.7. The van der Waals surface area contributed by atoms with Gasteiger partial charge >= 0.3 is 0 Å². The molecule has 1 aliphatic heterocycles. The van der Waals surface area contributed by atoms with E-state index in [4.69, 9.17) is 10.5 Å². The first-order chi connectivity index (χ1) is 26.7. The highest BCUT2D eigenvalue weighted by Gasteiger charge is 2.31. The number of aromatic nitrogens is 1. The van der Waals surface area contributed by atoms with Crippen molar-refractivity contribution in [3.8, 4) is 29.1 Å². The van der Waals surface area contributed by atoms with Gasteiger partial charge in [0.2, 0.25) is 0 Å². The third kappa shape index (κ3) is 8.91. The Bertz CT molecular complexity index is 2130. The molecule has 4 aromatic rings. The topological polar surface area (TPSA) is 138 Å². The number of aromatic hydroxyl groups is 2. The lowest BCUT2D eigenvalue weighted by molar-refractivity contribution is -0.114. The van der Waals surface area contributed by atoms with E-state index >= 15 is 0 Å². The van der Waals surface area contributed by atoms with Crippen molar-refractivity contribution in [2.45, 2.75) is 102 Å². The number of hydrogen-bond acceptors (Lipinski definition) is 7. The Balaban J connectivity index is 1.06. The van der Waals surface area contributed by atoms with Crippen LogP contribution in [0.5, 0.6) is 17.2 Å². The molecule has 286 valence electrons. The highest BCUT2D eigenvalue weighted by Crippen LogP contribution is 2.44. The zero-order chi connectivity index (χ0) is 38.4. The molecule has 0 amide bonds. The molecule has 1 saturated carbocycles. The van der Waals surface area contributed by atoms with E-state index in [0.717, 1.165) is 58.5 Å². The van der Waals surface area contributed by atoms with Crippen LogP contribution in [0.1, 0.15) is 132 Å². The molecule has 0 bridgehead atoms. The monoisotopic (exact) mass is 739 g/mol. The lowest BCUT2D eigenvalue weighted by Gasteiger charge is -2.28. The number of nitrogens with one attached hydrogen (secondary N) is 2. The summed E-state index contributed by atoms with van der Waals surface area (Å²) < 4.78 is 6.11. The molecule has 0 saturated heterocycles. The number of unbranched alkanes of at least 4 members (excludes halogenated alkanes) is 1. The van der Waals surface area contributed by atoms with Gasteiger partial charge in [0, 0.05) is 60.3 Å². The van der Waals surface area contributed by atoms with Crippen LogP contribution in [0.15, 0.2) is 72.9 Å². The molecule has 3 aromatic carbocycles. The highest BCUT2D eigenvalue weighted by molar-refractivity contribution is 5.98. The zero-order valence-electron chi connectivity index (χ0n) is 31.9. The van der Waals surface area contributed by atoms with Crippen LogP contribution in [0.2, 0.25) is 0 Å². The van der Waals surface area contributed by atoms with E-state index in [0.29, 0.717) is 42.6 Å².